The zero-order chi connectivity index (χ0) is 13.2. The van der Waals surface area contributed by atoms with Crippen molar-refractivity contribution in [2.75, 3.05) is 6.61 Å². The molecule has 1 aromatic heterocycles. The minimum absolute atomic E-state index is 0.353. The molecule has 2 heterocycles. The Morgan fingerprint density at radius 2 is 2.32 bits per heavy atom. The fraction of sp³-hybridized carbons (Fsp3) is 0.333. The molecule has 0 spiro atoms. The first-order valence-corrected chi connectivity index (χ1v) is 8.11. The molecule has 0 saturated carbocycles. The molecule has 1 unspecified atom stereocenters. The summed E-state index contributed by atoms with van der Waals surface area (Å²) in [6.45, 7) is 3.94. The maximum absolute atomic E-state index is 5.54. The van der Waals surface area contributed by atoms with Gasteiger partial charge in [0.05, 0.1) is 6.61 Å². The third-order valence-electron chi connectivity index (χ3n) is 3.42. The lowest BCUT2D eigenvalue weighted by Crippen LogP contribution is -2.17. The molecule has 1 aliphatic rings. The predicted molar refractivity (Wildman–Crippen MR) is 82.9 cm³/mol. The van der Waals surface area contributed by atoms with E-state index < -0.39 is 0 Å². The van der Waals surface area contributed by atoms with Crippen LogP contribution in [0.1, 0.15) is 29.0 Å². The van der Waals surface area contributed by atoms with Crippen LogP contribution in [0.2, 0.25) is 0 Å². The molecule has 4 heteroatoms. The maximum atomic E-state index is 5.54. The number of ether oxygens (including phenoxy) is 1. The standard InChI is InChI=1S/C15H16BrNOS/c1-10(17-8-14-7-13(16)9-19-14)11-2-3-15-12(6-11)4-5-18-15/h2-3,6-7,9-10,17H,4-5,8H2,1H3. The molecule has 0 radical (unpaired) electrons. The van der Waals surface area contributed by atoms with Crippen LogP contribution in [0, 0.1) is 0 Å². The van der Waals surface area contributed by atoms with Crippen LogP contribution in [-0.2, 0) is 13.0 Å². The summed E-state index contributed by atoms with van der Waals surface area (Å²) in [5.41, 5.74) is 2.67. The second kappa shape index (κ2) is 5.65. The van der Waals surface area contributed by atoms with E-state index in [0.29, 0.717) is 6.04 Å². The number of fused-ring (bicyclic) bond motifs is 1. The summed E-state index contributed by atoms with van der Waals surface area (Å²) < 4.78 is 6.70. The Hall–Kier alpha value is -0.840. The Kier molecular flexibility index (Phi) is 3.91. The zero-order valence-corrected chi connectivity index (χ0v) is 13.2. The lowest BCUT2D eigenvalue weighted by atomic mass is 10.0. The molecule has 0 amide bonds. The van der Waals surface area contributed by atoms with Crippen LogP contribution in [0.15, 0.2) is 34.1 Å². The summed E-state index contributed by atoms with van der Waals surface area (Å²) in [5, 5.41) is 5.69. The number of rotatable bonds is 4. The first-order chi connectivity index (χ1) is 9.22. The van der Waals surface area contributed by atoms with Gasteiger partial charge in [-0.1, -0.05) is 12.1 Å². The van der Waals surface area contributed by atoms with E-state index in [1.807, 2.05) is 0 Å². The number of hydrogen-bond donors (Lipinski definition) is 1. The Morgan fingerprint density at radius 3 is 3.11 bits per heavy atom. The van der Waals surface area contributed by atoms with Crippen molar-refractivity contribution in [1.29, 1.82) is 0 Å². The number of thiophene rings is 1. The van der Waals surface area contributed by atoms with Crippen molar-refractivity contribution >= 4 is 27.3 Å². The molecule has 19 heavy (non-hydrogen) atoms. The largest absolute Gasteiger partial charge is 0.493 e. The van der Waals surface area contributed by atoms with Gasteiger partial charge in [0.2, 0.25) is 0 Å². The summed E-state index contributed by atoms with van der Waals surface area (Å²) in [6, 6.07) is 9.04. The minimum Gasteiger partial charge on any atom is -0.493 e. The van der Waals surface area contributed by atoms with Gasteiger partial charge in [0.25, 0.3) is 0 Å². The number of nitrogens with one attached hydrogen (secondary N) is 1. The van der Waals surface area contributed by atoms with E-state index in [-0.39, 0.29) is 0 Å². The predicted octanol–water partition coefficient (Wildman–Crippen LogP) is 4.30. The van der Waals surface area contributed by atoms with Gasteiger partial charge in [0.15, 0.2) is 0 Å². The van der Waals surface area contributed by atoms with Crippen LogP contribution in [0.3, 0.4) is 0 Å². The quantitative estimate of drug-likeness (QED) is 0.898. The van der Waals surface area contributed by atoms with Gasteiger partial charge in [-0.15, -0.1) is 11.3 Å². The summed E-state index contributed by atoms with van der Waals surface area (Å²) in [7, 11) is 0. The number of hydrogen-bond acceptors (Lipinski definition) is 3. The first-order valence-electron chi connectivity index (χ1n) is 6.44. The third kappa shape index (κ3) is 3.02. The third-order valence-corrected chi connectivity index (χ3v) is 5.12. The van der Waals surface area contributed by atoms with Crippen LogP contribution >= 0.6 is 27.3 Å². The Labute approximate surface area is 125 Å². The Bertz CT molecular complexity index is 581. The smallest absolute Gasteiger partial charge is 0.122 e. The van der Waals surface area contributed by atoms with Crippen molar-refractivity contribution in [1.82, 2.24) is 5.32 Å². The summed E-state index contributed by atoms with van der Waals surface area (Å²) in [4.78, 5) is 1.35. The average molecular weight is 338 g/mol. The molecule has 100 valence electrons. The monoisotopic (exact) mass is 337 g/mol. The van der Waals surface area contributed by atoms with E-state index in [0.717, 1.165) is 29.8 Å². The first kappa shape index (κ1) is 13.2. The molecule has 2 aromatic rings. The van der Waals surface area contributed by atoms with Gasteiger partial charge in [-0.05, 0) is 46.1 Å². The second-order valence-corrected chi connectivity index (χ2v) is 6.71. The van der Waals surface area contributed by atoms with Crippen molar-refractivity contribution in [3.8, 4) is 5.75 Å². The molecule has 1 aliphatic heterocycles. The molecular weight excluding hydrogens is 322 g/mol. The van der Waals surface area contributed by atoms with Crippen molar-refractivity contribution in [2.24, 2.45) is 0 Å². The number of benzene rings is 1. The Morgan fingerprint density at radius 1 is 1.42 bits per heavy atom. The van der Waals surface area contributed by atoms with E-state index in [4.69, 9.17) is 4.74 Å². The van der Waals surface area contributed by atoms with Gasteiger partial charge >= 0.3 is 0 Å². The van der Waals surface area contributed by atoms with Crippen LogP contribution < -0.4 is 10.1 Å². The molecule has 0 bridgehead atoms. The fourth-order valence-corrected chi connectivity index (χ4v) is 3.70. The van der Waals surface area contributed by atoms with Crippen LogP contribution in [0.4, 0.5) is 0 Å². The highest BCUT2D eigenvalue weighted by Crippen LogP contribution is 2.28. The van der Waals surface area contributed by atoms with Crippen molar-refractivity contribution in [3.63, 3.8) is 0 Å². The van der Waals surface area contributed by atoms with E-state index in [1.165, 1.54) is 16.0 Å². The number of halogens is 1. The van der Waals surface area contributed by atoms with Gasteiger partial charge in [0, 0.05) is 33.7 Å². The van der Waals surface area contributed by atoms with Crippen LogP contribution in [0.25, 0.3) is 0 Å². The second-order valence-electron chi connectivity index (χ2n) is 4.80. The summed E-state index contributed by atoms with van der Waals surface area (Å²) in [6.07, 6.45) is 1.04. The molecule has 0 fully saturated rings. The molecule has 3 rings (SSSR count). The van der Waals surface area contributed by atoms with Crippen molar-refractivity contribution in [3.05, 3.63) is 50.1 Å². The summed E-state index contributed by atoms with van der Waals surface area (Å²) >= 11 is 5.26. The lowest BCUT2D eigenvalue weighted by Gasteiger charge is -2.14. The van der Waals surface area contributed by atoms with Crippen molar-refractivity contribution < 1.29 is 4.74 Å². The van der Waals surface area contributed by atoms with E-state index in [9.17, 15) is 0 Å². The molecule has 2 nitrogen and oxygen atoms in total. The van der Waals surface area contributed by atoms with E-state index in [1.54, 1.807) is 11.3 Å². The van der Waals surface area contributed by atoms with E-state index in [2.05, 4.69) is 57.8 Å². The molecular formula is C15H16BrNOS. The van der Waals surface area contributed by atoms with Gasteiger partial charge in [-0.25, -0.2) is 0 Å². The fourth-order valence-electron chi connectivity index (χ4n) is 2.29. The molecule has 1 N–H and O–H groups in total. The molecule has 1 aromatic carbocycles. The van der Waals surface area contributed by atoms with Gasteiger partial charge < -0.3 is 10.1 Å². The maximum Gasteiger partial charge on any atom is 0.122 e. The normalized spacial score (nSPS) is 15.1. The highest BCUT2D eigenvalue weighted by Gasteiger charge is 2.14. The van der Waals surface area contributed by atoms with Gasteiger partial charge in [-0.2, -0.15) is 0 Å². The van der Waals surface area contributed by atoms with Crippen molar-refractivity contribution in [2.45, 2.75) is 25.9 Å². The molecule has 0 saturated heterocycles. The zero-order valence-electron chi connectivity index (χ0n) is 10.8. The lowest BCUT2D eigenvalue weighted by molar-refractivity contribution is 0.356. The van der Waals surface area contributed by atoms with Gasteiger partial charge in [0.1, 0.15) is 5.75 Å². The SMILES string of the molecule is CC(NCc1cc(Br)cs1)c1ccc2c(c1)CCO2. The van der Waals surface area contributed by atoms with Gasteiger partial charge in [-0.3, -0.25) is 0 Å². The molecule has 0 aliphatic carbocycles. The average Bonchev–Trinajstić information content (AvgIpc) is 3.03. The van der Waals surface area contributed by atoms with Crippen LogP contribution in [0.5, 0.6) is 5.75 Å². The minimum atomic E-state index is 0.353. The van der Waals surface area contributed by atoms with Crippen LogP contribution in [-0.4, -0.2) is 6.61 Å². The highest BCUT2D eigenvalue weighted by molar-refractivity contribution is 9.10. The topological polar surface area (TPSA) is 21.3 Å². The molecule has 1 atom stereocenters. The summed E-state index contributed by atoms with van der Waals surface area (Å²) in [5.74, 6) is 1.05. The highest BCUT2D eigenvalue weighted by atomic mass is 79.9. The Balaban J connectivity index is 1.65. The van der Waals surface area contributed by atoms with E-state index >= 15 is 0 Å².